The van der Waals surface area contributed by atoms with Gasteiger partial charge in [-0.3, -0.25) is 9.80 Å². The zero-order valence-corrected chi connectivity index (χ0v) is 51.2. The zero-order chi connectivity index (χ0) is 51.7. The molecular formula is C66H126N4. The van der Waals surface area contributed by atoms with Crippen LogP contribution in [0.1, 0.15) is 248 Å². The van der Waals surface area contributed by atoms with Crippen LogP contribution in [0, 0.1) is 98.1 Å². The molecule has 0 unspecified atom stereocenters. The Morgan fingerprint density at radius 1 is 0.243 bits per heavy atom. The normalized spacial score (nSPS) is 33.1. The van der Waals surface area contributed by atoms with Gasteiger partial charge in [-0.25, -0.2) is 0 Å². The third kappa shape index (κ3) is 14.4. The molecule has 0 aromatic carbocycles. The molecular weight excluding hydrogens is 849 g/mol. The van der Waals surface area contributed by atoms with Crippen molar-refractivity contribution in [2.75, 3.05) is 52.4 Å². The van der Waals surface area contributed by atoms with Crippen LogP contribution >= 0.6 is 0 Å². The number of piperidine rings is 1. The van der Waals surface area contributed by atoms with E-state index in [1.807, 2.05) is 0 Å². The van der Waals surface area contributed by atoms with Gasteiger partial charge in [-0.05, 0) is 282 Å². The average molecular weight is 976 g/mol. The summed E-state index contributed by atoms with van der Waals surface area (Å²) in [4.78, 5) is 10.6. The lowest BCUT2D eigenvalue weighted by Gasteiger charge is -2.61. The Kier molecular flexibility index (Phi) is 20.3. The van der Waals surface area contributed by atoms with E-state index in [-0.39, 0.29) is 0 Å². The molecule has 10 aliphatic rings. The minimum atomic E-state index is 0.746. The molecule has 10 rings (SSSR count). The van der Waals surface area contributed by atoms with Gasteiger partial charge < -0.3 is 9.80 Å². The van der Waals surface area contributed by atoms with Gasteiger partial charge in [0.15, 0.2) is 0 Å². The summed E-state index contributed by atoms with van der Waals surface area (Å²) in [6.07, 6.45) is 25.7. The summed E-state index contributed by atoms with van der Waals surface area (Å²) in [5.41, 5.74) is 3.90. The topological polar surface area (TPSA) is 13.0 Å². The predicted octanol–water partition coefficient (Wildman–Crippen LogP) is 17.1. The maximum Gasteiger partial charge on any atom is 0.00534 e. The molecule has 6 aliphatic carbocycles. The molecule has 4 saturated heterocycles. The van der Waals surface area contributed by atoms with Crippen LogP contribution in [0.4, 0.5) is 0 Å². The van der Waals surface area contributed by atoms with Crippen molar-refractivity contribution in [1.29, 1.82) is 0 Å². The molecule has 0 aromatic heterocycles. The Labute approximate surface area is 439 Å². The average Bonchev–Trinajstić information content (AvgIpc) is 3.64. The second-order valence-corrected chi connectivity index (χ2v) is 31.6. The van der Waals surface area contributed by atoms with Crippen LogP contribution < -0.4 is 0 Å². The molecule has 410 valence electrons. The van der Waals surface area contributed by atoms with Crippen molar-refractivity contribution < 1.29 is 0 Å². The highest BCUT2D eigenvalue weighted by Gasteiger charge is 2.55. The quantitative estimate of drug-likeness (QED) is 0.216. The molecule has 0 N–H and O–H groups in total. The molecule has 0 atom stereocenters. The first-order valence-corrected chi connectivity index (χ1v) is 31.6. The van der Waals surface area contributed by atoms with Crippen molar-refractivity contribution >= 4 is 0 Å². The smallest absolute Gasteiger partial charge is 0.00534 e. The lowest BCUT2D eigenvalue weighted by Crippen LogP contribution is -2.64. The molecule has 4 heteroatoms. The van der Waals surface area contributed by atoms with Crippen LogP contribution in [0.2, 0.25) is 0 Å². The zero-order valence-electron chi connectivity index (χ0n) is 51.2. The molecule has 70 heavy (non-hydrogen) atoms. The standard InChI is InChI=1S/2C14H27N.C13H25N.C13H24.C12H23N/c1-11(2)13-9-14(10-13)5-7-15(8-6-14)12(3)4;1-11(2)13-5-7-14(8-6-13)9-15(10-14)12(3)4;1-10(2)12-7-13(8-12)5-6-14(9-13)11(3)4;1-9(2)11-5-13(6-11)7-12(8-13)10(3)4;1-9(2)11-5-12(6-11)7-13(8-12)10(3)4/h2*11-13H,5-10H2,1-4H3;10-12H,5-9H2,1-4H3;9-12H,5-8H2,1-4H3;9-11H,5-8H2,1-4H3. The van der Waals surface area contributed by atoms with Crippen molar-refractivity contribution in [3.63, 3.8) is 0 Å². The Morgan fingerprint density at radius 2 is 0.500 bits per heavy atom. The molecule has 6 saturated carbocycles. The Hall–Kier alpha value is -0.160. The molecule has 5 spiro atoms. The van der Waals surface area contributed by atoms with Crippen LogP contribution in [0.5, 0.6) is 0 Å². The second kappa shape index (κ2) is 24.0. The van der Waals surface area contributed by atoms with E-state index in [1.165, 1.54) is 136 Å². The number of hydrogen-bond acceptors (Lipinski definition) is 4. The summed E-state index contributed by atoms with van der Waals surface area (Å²) in [6, 6.07) is 3.04. The van der Waals surface area contributed by atoms with Crippen molar-refractivity contribution in [3.8, 4) is 0 Å². The van der Waals surface area contributed by atoms with Gasteiger partial charge >= 0.3 is 0 Å². The van der Waals surface area contributed by atoms with Crippen LogP contribution in [-0.2, 0) is 0 Å². The van der Waals surface area contributed by atoms with Crippen molar-refractivity contribution in [2.45, 2.75) is 272 Å². The van der Waals surface area contributed by atoms with Crippen LogP contribution in [-0.4, -0.2) is 96.1 Å². The second-order valence-electron chi connectivity index (χ2n) is 31.6. The first kappa shape index (κ1) is 59.1. The van der Waals surface area contributed by atoms with Gasteiger partial charge in [0.05, 0.1) is 0 Å². The SMILES string of the molecule is CC(C)C1CC2(C1)CC(C(C)C)C2.CC(C)C1CC2(C1)CN(C(C)C)C2.CC(C)C1CC2(CCN(C(C)C)C2)C1.CC(C)C1CC2(CCN(C(C)C)CC2)C1.CC(C)C1CCC2(CC1)CN(C(C)C)C2. The van der Waals surface area contributed by atoms with Crippen molar-refractivity contribution in [1.82, 2.24) is 19.6 Å². The third-order valence-corrected chi connectivity index (χ3v) is 23.1. The summed E-state index contributed by atoms with van der Waals surface area (Å²) < 4.78 is 0. The summed E-state index contributed by atoms with van der Waals surface area (Å²) in [5.74, 6) is 11.8. The molecule has 0 bridgehead atoms. The molecule has 10 fully saturated rings. The highest BCUT2D eigenvalue weighted by atomic mass is 15.2. The highest BCUT2D eigenvalue weighted by molar-refractivity contribution is 5.06. The van der Waals surface area contributed by atoms with Gasteiger partial charge in [-0.1, -0.05) is 83.1 Å². The third-order valence-electron chi connectivity index (χ3n) is 23.1. The van der Waals surface area contributed by atoms with E-state index in [9.17, 15) is 0 Å². The van der Waals surface area contributed by atoms with Crippen LogP contribution in [0.25, 0.3) is 0 Å². The first-order valence-electron chi connectivity index (χ1n) is 31.6. The fourth-order valence-electron chi connectivity index (χ4n) is 16.5. The summed E-state index contributed by atoms with van der Waals surface area (Å²) >= 11 is 0. The first-order chi connectivity index (χ1) is 32.6. The summed E-state index contributed by atoms with van der Waals surface area (Å²) in [6.45, 7) is 58.2. The Bertz CT molecular complexity index is 1360. The van der Waals surface area contributed by atoms with Crippen LogP contribution in [0.3, 0.4) is 0 Å². The van der Waals surface area contributed by atoms with Gasteiger partial charge in [-0.15, -0.1) is 0 Å². The summed E-state index contributed by atoms with van der Waals surface area (Å²) in [5, 5.41) is 0. The molecule has 0 aromatic rings. The molecule has 0 radical (unpaired) electrons. The van der Waals surface area contributed by atoms with Gasteiger partial charge in [0.1, 0.15) is 0 Å². The number of likely N-dealkylation sites (tertiary alicyclic amines) is 4. The minimum Gasteiger partial charge on any atom is -0.301 e. The van der Waals surface area contributed by atoms with Gasteiger partial charge in [-0.2, -0.15) is 0 Å². The largest absolute Gasteiger partial charge is 0.301 e. The fourth-order valence-corrected chi connectivity index (χ4v) is 16.5. The summed E-state index contributed by atoms with van der Waals surface area (Å²) in [7, 11) is 0. The van der Waals surface area contributed by atoms with E-state index in [0.29, 0.717) is 0 Å². The predicted molar refractivity (Wildman–Crippen MR) is 307 cm³/mol. The van der Waals surface area contributed by atoms with Crippen LogP contribution in [0.15, 0.2) is 0 Å². The van der Waals surface area contributed by atoms with Gasteiger partial charge in [0.25, 0.3) is 0 Å². The van der Waals surface area contributed by atoms with E-state index >= 15 is 0 Å². The molecule has 0 amide bonds. The van der Waals surface area contributed by atoms with E-state index in [1.54, 1.807) is 25.7 Å². The van der Waals surface area contributed by atoms with E-state index in [4.69, 9.17) is 0 Å². The Morgan fingerprint density at radius 3 is 0.814 bits per heavy atom. The fraction of sp³-hybridized carbons (Fsp3) is 1.00. The number of nitrogens with zero attached hydrogens (tertiary/aromatic N) is 4. The maximum atomic E-state index is 2.66. The van der Waals surface area contributed by atoms with Crippen molar-refractivity contribution in [3.05, 3.63) is 0 Å². The lowest BCUT2D eigenvalue weighted by atomic mass is 9.45. The monoisotopic (exact) mass is 975 g/mol. The molecule has 4 aliphatic heterocycles. The Balaban J connectivity index is 0.000000144. The van der Waals surface area contributed by atoms with Crippen molar-refractivity contribution in [2.24, 2.45) is 98.1 Å². The highest BCUT2D eigenvalue weighted by Crippen LogP contribution is 2.64. The van der Waals surface area contributed by atoms with Gasteiger partial charge in [0.2, 0.25) is 0 Å². The van der Waals surface area contributed by atoms with E-state index < -0.39 is 0 Å². The number of hydrogen-bond donors (Lipinski definition) is 0. The lowest BCUT2D eigenvalue weighted by molar-refractivity contribution is -0.117. The molecule has 4 nitrogen and oxygen atoms in total. The maximum absolute atomic E-state index is 2.66. The minimum absolute atomic E-state index is 0.746. The van der Waals surface area contributed by atoms with Gasteiger partial charge in [0, 0.05) is 56.9 Å². The van der Waals surface area contributed by atoms with E-state index in [0.717, 1.165) is 122 Å². The molecule has 4 heterocycles. The number of rotatable bonds is 10. The van der Waals surface area contributed by atoms with E-state index in [2.05, 4.69) is 158 Å².